The van der Waals surface area contributed by atoms with E-state index in [1.54, 1.807) is 6.07 Å². The lowest BCUT2D eigenvalue weighted by Crippen LogP contribution is -2.24. The molecule has 1 aliphatic carbocycles. The average molecular weight is 285 g/mol. The van der Waals surface area contributed by atoms with E-state index in [0.29, 0.717) is 18.4 Å². The van der Waals surface area contributed by atoms with Crippen LogP contribution >= 0.6 is 15.9 Å². The van der Waals surface area contributed by atoms with Crippen molar-refractivity contribution in [2.24, 2.45) is 5.41 Å². The quantitative estimate of drug-likeness (QED) is 0.897. The first-order valence-electron chi connectivity index (χ1n) is 5.15. The van der Waals surface area contributed by atoms with Gasteiger partial charge in [-0.25, -0.2) is 0 Å². The van der Waals surface area contributed by atoms with Crippen molar-refractivity contribution >= 4 is 21.9 Å². The van der Waals surface area contributed by atoms with Crippen LogP contribution in [0.2, 0.25) is 0 Å². The first kappa shape index (κ1) is 11.6. The number of halogens is 1. The molecule has 1 fully saturated rings. The van der Waals surface area contributed by atoms with E-state index in [2.05, 4.69) is 15.9 Å². The lowest BCUT2D eigenvalue weighted by atomic mass is 9.90. The predicted molar refractivity (Wildman–Crippen MR) is 63.1 cm³/mol. The molecule has 2 rings (SSSR count). The third-order valence-electron chi connectivity index (χ3n) is 3.27. The van der Waals surface area contributed by atoms with Crippen LogP contribution < -0.4 is 0 Å². The van der Waals surface area contributed by atoms with E-state index in [4.69, 9.17) is 5.11 Å². The number of aliphatic hydroxyl groups excluding tert-OH is 1. The van der Waals surface area contributed by atoms with Crippen LogP contribution in [0.1, 0.15) is 30.1 Å². The summed E-state index contributed by atoms with van der Waals surface area (Å²) in [6, 6.07) is 5.55. The minimum Gasteiger partial charge on any atom is -0.481 e. The molecule has 0 aromatic heterocycles. The van der Waals surface area contributed by atoms with Gasteiger partial charge in [0.1, 0.15) is 0 Å². The van der Waals surface area contributed by atoms with Crippen molar-refractivity contribution < 1.29 is 15.0 Å². The Labute approximate surface area is 102 Å². The van der Waals surface area contributed by atoms with Gasteiger partial charge in [0, 0.05) is 4.47 Å². The van der Waals surface area contributed by atoms with Crippen molar-refractivity contribution in [1.29, 1.82) is 0 Å². The molecular formula is C12H13BrO3. The third-order valence-corrected chi connectivity index (χ3v) is 3.77. The van der Waals surface area contributed by atoms with Crippen LogP contribution in [0.4, 0.5) is 0 Å². The van der Waals surface area contributed by atoms with Gasteiger partial charge in [0.05, 0.1) is 11.5 Å². The number of aliphatic hydroxyl groups is 1. The van der Waals surface area contributed by atoms with E-state index in [1.165, 1.54) is 0 Å². The summed E-state index contributed by atoms with van der Waals surface area (Å²) in [6.45, 7) is 1.88. The van der Waals surface area contributed by atoms with E-state index < -0.39 is 17.5 Å². The van der Waals surface area contributed by atoms with Gasteiger partial charge in [-0.15, -0.1) is 0 Å². The summed E-state index contributed by atoms with van der Waals surface area (Å²) in [5, 5.41) is 19.3. The molecule has 4 heteroatoms. The first-order chi connectivity index (χ1) is 7.47. The molecule has 1 aromatic carbocycles. The summed E-state index contributed by atoms with van der Waals surface area (Å²) in [5.41, 5.74) is 0.670. The van der Waals surface area contributed by atoms with E-state index >= 15 is 0 Å². The zero-order valence-electron chi connectivity index (χ0n) is 8.90. The highest BCUT2D eigenvalue weighted by Gasteiger charge is 2.56. The molecule has 0 heterocycles. The zero-order valence-corrected chi connectivity index (χ0v) is 10.5. The molecular weight excluding hydrogens is 272 g/mol. The van der Waals surface area contributed by atoms with Crippen LogP contribution in [0.5, 0.6) is 0 Å². The Morgan fingerprint density at radius 3 is 2.62 bits per heavy atom. The minimum atomic E-state index is -0.953. The van der Waals surface area contributed by atoms with Crippen molar-refractivity contribution in [3.8, 4) is 0 Å². The molecule has 1 aliphatic rings. The summed E-state index contributed by atoms with van der Waals surface area (Å²) in [4.78, 5) is 11.1. The molecule has 0 spiro atoms. The van der Waals surface area contributed by atoms with Gasteiger partial charge < -0.3 is 10.2 Å². The molecule has 0 amide bonds. The Kier molecular flexibility index (Phi) is 2.80. The smallest absolute Gasteiger partial charge is 0.312 e. The second kappa shape index (κ2) is 3.86. The van der Waals surface area contributed by atoms with Crippen molar-refractivity contribution in [3.63, 3.8) is 0 Å². The molecule has 0 radical (unpaired) electrons. The van der Waals surface area contributed by atoms with Crippen molar-refractivity contribution in [2.75, 3.05) is 0 Å². The van der Waals surface area contributed by atoms with Gasteiger partial charge in [0.15, 0.2) is 0 Å². The molecule has 0 bridgehead atoms. The summed E-state index contributed by atoms with van der Waals surface area (Å²) in [5.74, 6) is -0.903. The normalized spacial score (nSPS) is 19.2. The molecule has 86 valence electrons. The largest absolute Gasteiger partial charge is 0.481 e. The van der Waals surface area contributed by atoms with Crippen LogP contribution in [-0.4, -0.2) is 16.2 Å². The standard InChI is InChI=1S/C12H13BrO3/c1-7-2-3-8(13)6-9(7)10(14)12(4-5-12)11(15)16/h2-3,6,10,14H,4-5H2,1H3,(H,15,16). The summed E-state index contributed by atoms with van der Waals surface area (Å²) in [7, 11) is 0. The lowest BCUT2D eigenvalue weighted by molar-refractivity contribution is -0.148. The van der Waals surface area contributed by atoms with Crippen LogP contribution in [0, 0.1) is 12.3 Å². The van der Waals surface area contributed by atoms with E-state index in [1.807, 2.05) is 19.1 Å². The third kappa shape index (κ3) is 1.76. The number of rotatable bonds is 3. The van der Waals surface area contributed by atoms with Crippen LogP contribution in [0.25, 0.3) is 0 Å². The molecule has 16 heavy (non-hydrogen) atoms. The topological polar surface area (TPSA) is 57.5 Å². The van der Waals surface area contributed by atoms with Crippen molar-refractivity contribution in [3.05, 3.63) is 33.8 Å². The van der Waals surface area contributed by atoms with Gasteiger partial charge in [-0.3, -0.25) is 4.79 Å². The highest BCUT2D eigenvalue weighted by molar-refractivity contribution is 9.10. The molecule has 0 aliphatic heterocycles. The van der Waals surface area contributed by atoms with E-state index in [-0.39, 0.29) is 0 Å². The van der Waals surface area contributed by atoms with Gasteiger partial charge in [-0.2, -0.15) is 0 Å². The summed E-state index contributed by atoms with van der Waals surface area (Å²) < 4.78 is 0.855. The highest BCUT2D eigenvalue weighted by atomic mass is 79.9. The van der Waals surface area contributed by atoms with E-state index in [0.717, 1.165) is 10.0 Å². The maximum Gasteiger partial charge on any atom is 0.312 e. The number of hydrogen-bond donors (Lipinski definition) is 2. The number of carboxylic acids is 1. The Bertz CT molecular complexity index is 438. The zero-order chi connectivity index (χ0) is 11.9. The van der Waals surface area contributed by atoms with Crippen LogP contribution in [0.3, 0.4) is 0 Å². The van der Waals surface area contributed by atoms with Gasteiger partial charge in [0.25, 0.3) is 0 Å². The maximum atomic E-state index is 11.1. The number of carboxylic acid groups (broad SMARTS) is 1. The Balaban J connectivity index is 2.38. The molecule has 3 nitrogen and oxygen atoms in total. The Morgan fingerprint density at radius 2 is 2.12 bits per heavy atom. The fourth-order valence-corrected chi connectivity index (χ4v) is 2.32. The van der Waals surface area contributed by atoms with Gasteiger partial charge in [0.2, 0.25) is 0 Å². The second-order valence-corrected chi connectivity index (χ2v) is 5.28. The van der Waals surface area contributed by atoms with Crippen LogP contribution in [-0.2, 0) is 4.79 Å². The lowest BCUT2D eigenvalue weighted by Gasteiger charge is -2.20. The summed E-state index contributed by atoms with van der Waals surface area (Å²) >= 11 is 3.33. The predicted octanol–water partition coefficient (Wildman–Crippen LogP) is 2.66. The SMILES string of the molecule is Cc1ccc(Br)cc1C(O)C1(C(=O)O)CC1. The van der Waals surface area contributed by atoms with Gasteiger partial charge in [-0.05, 0) is 43.0 Å². The van der Waals surface area contributed by atoms with Crippen molar-refractivity contribution in [1.82, 2.24) is 0 Å². The minimum absolute atomic E-state index is 0.551. The Hall–Kier alpha value is -0.870. The fourth-order valence-electron chi connectivity index (χ4n) is 1.94. The number of benzene rings is 1. The number of carbonyl (C=O) groups is 1. The van der Waals surface area contributed by atoms with Crippen molar-refractivity contribution in [2.45, 2.75) is 25.9 Å². The number of aliphatic carboxylic acids is 1. The Morgan fingerprint density at radius 1 is 1.50 bits per heavy atom. The fraction of sp³-hybridized carbons (Fsp3) is 0.417. The van der Waals surface area contributed by atoms with Gasteiger partial charge in [-0.1, -0.05) is 22.0 Å². The van der Waals surface area contributed by atoms with Crippen LogP contribution in [0.15, 0.2) is 22.7 Å². The molecule has 2 N–H and O–H groups in total. The first-order valence-corrected chi connectivity index (χ1v) is 5.94. The molecule has 1 aromatic rings. The molecule has 1 atom stereocenters. The van der Waals surface area contributed by atoms with E-state index in [9.17, 15) is 9.90 Å². The monoisotopic (exact) mass is 284 g/mol. The number of aryl methyl sites for hydroxylation is 1. The maximum absolute atomic E-state index is 11.1. The molecule has 1 saturated carbocycles. The molecule has 0 saturated heterocycles. The highest BCUT2D eigenvalue weighted by Crippen LogP contribution is 2.55. The van der Waals surface area contributed by atoms with Gasteiger partial charge >= 0.3 is 5.97 Å². The summed E-state index contributed by atoms with van der Waals surface area (Å²) in [6.07, 6.45) is 0.188. The molecule has 1 unspecified atom stereocenters. The second-order valence-electron chi connectivity index (χ2n) is 4.36. The average Bonchev–Trinajstić information content (AvgIpc) is 3.01. The number of hydrogen-bond acceptors (Lipinski definition) is 2.